The highest BCUT2D eigenvalue weighted by Gasteiger charge is 2.40. The lowest BCUT2D eigenvalue weighted by Crippen LogP contribution is -2.34. The molecule has 108 valence electrons. The van der Waals surface area contributed by atoms with E-state index in [0.717, 1.165) is 0 Å². The van der Waals surface area contributed by atoms with Crippen LogP contribution in [0.25, 0.3) is 0 Å². The molecule has 1 atom stereocenters. The lowest BCUT2D eigenvalue weighted by atomic mass is 9.80. The van der Waals surface area contributed by atoms with Crippen LogP contribution in [0.15, 0.2) is 16.7 Å². The first-order chi connectivity index (χ1) is 9.20. The van der Waals surface area contributed by atoms with Gasteiger partial charge in [0, 0.05) is 23.6 Å². The summed E-state index contributed by atoms with van der Waals surface area (Å²) in [5.74, 6) is -0.357. The second-order valence-corrected chi connectivity index (χ2v) is 7.34. The predicted octanol–water partition coefficient (Wildman–Crippen LogP) is 3.53. The summed E-state index contributed by atoms with van der Waals surface area (Å²) in [6.07, 6.45) is 1.91. The Morgan fingerprint density at radius 3 is 2.70 bits per heavy atom. The fourth-order valence-corrected chi connectivity index (χ4v) is 2.72. The molecular formula is C14H16BrClN2O2. The number of carbonyl (C=O) groups is 2. The number of imide groups is 1. The number of hydrogen-bond donors (Lipinski definition) is 0. The van der Waals surface area contributed by atoms with Crippen LogP contribution in [-0.4, -0.2) is 28.2 Å². The van der Waals surface area contributed by atoms with E-state index in [1.165, 1.54) is 11.1 Å². The molecule has 4 nitrogen and oxygen atoms in total. The quantitative estimate of drug-likeness (QED) is 0.569. The number of pyridine rings is 1. The summed E-state index contributed by atoms with van der Waals surface area (Å²) in [5.41, 5.74) is 0.244. The monoisotopic (exact) mass is 358 g/mol. The average Bonchev–Trinajstić information content (AvgIpc) is 2.73. The van der Waals surface area contributed by atoms with Gasteiger partial charge in [-0.2, -0.15) is 0 Å². The van der Waals surface area contributed by atoms with Crippen molar-refractivity contribution in [3.63, 3.8) is 0 Å². The van der Waals surface area contributed by atoms with Gasteiger partial charge in [0.05, 0.1) is 5.56 Å². The van der Waals surface area contributed by atoms with Crippen LogP contribution in [-0.2, 0) is 4.79 Å². The van der Waals surface area contributed by atoms with E-state index in [9.17, 15) is 9.59 Å². The number of likely N-dealkylation sites (tertiary alicyclic amines) is 1. The highest BCUT2D eigenvalue weighted by molar-refractivity contribution is 9.10. The zero-order valence-electron chi connectivity index (χ0n) is 11.6. The molecule has 0 N–H and O–H groups in total. The van der Waals surface area contributed by atoms with Crippen LogP contribution < -0.4 is 0 Å². The lowest BCUT2D eigenvalue weighted by molar-refractivity contribution is -0.125. The minimum absolute atomic E-state index is 0.00991. The summed E-state index contributed by atoms with van der Waals surface area (Å²) in [7, 11) is 0. The molecule has 1 aromatic rings. The number of nitrogens with zero attached hydrogens (tertiary/aromatic N) is 2. The fourth-order valence-electron chi connectivity index (χ4n) is 2.20. The van der Waals surface area contributed by atoms with Crippen molar-refractivity contribution in [1.82, 2.24) is 9.88 Å². The Labute approximate surface area is 131 Å². The maximum atomic E-state index is 12.5. The Kier molecular flexibility index (Phi) is 4.21. The van der Waals surface area contributed by atoms with Crippen molar-refractivity contribution < 1.29 is 9.59 Å². The first kappa shape index (κ1) is 15.4. The van der Waals surface area contributed by atoms with Crippen LogP contribution in [0.2, 0.25) is 5.15 Å². The smallest absolute Gasteiger partial charge is 0.263 e. The molecule has 1 saturated heterocycles. The Bertz CT molecular complexity index is 569. The number of amides is 2. The Balaban J connectivity index is 2.26. The minimum atomic E-state index is -0.374. The summed E-state index contributed by atoms with van der Waals surface area (Å²) < 4.78 is 0.657. The van der Waals surface area contributed by atoms with Gasteiger partial charge in [-0.3, -0.25) is 14.5 Å². The minimum Gasteiger partial charge on any atom is -0.278 e. The maximum Gasteiger partial charge on any atom is 0.263 e. The van der Waals surface area contributed by atoms with Gasteiger partial charge in [-0.25, -0.2) is 4.98 Å². The van der Waals surface area contributed by atoms with Gasteiger partial charge < -0.3 is 0 Å². The second kappa shape index (κ2) is 5.45. The van der Waals surface area contributed by atoms with Gasteiger partial charge in [0.25, 0.3) is 5.91 Å². The Morgan fingerprint density at radius 2 is 2.15 bits per heavy atom. The topological polar surface area (TPSA) is 50.3 Å². The molecule has 1 fully saturated rings. The van der Waals surface area contributed by atoms with Crippen molar-refractivity contribution in [1.29, 1.82) is 0 Å². The zero-order chi connectivity index (χ0) is 15.1. The first-order valence-electron chi connectivity index (χ1n) is 6.36. The number of halogens is 2. The van der Waals surface area contributed by atoms with Gasteiger partial charge in [0.15, 0.2) is 0 Å². The van der Waals surface area contributed by atoms with E-state index in [-0.39, 0.29) is 33.9 Å². The highest BCUT2D eigenvalue weighted by atomic mass is 79.9. The molecule has 0 spiro atoms. The first-order valence-corrected chi connectivity index (χ1v) is 7.53. The molecule has 20 heavy (non-hydrogen) atoms. The summed E-state index contributed by atoms with van der Waals surface area (Å²) in [4.78, 5) is 29.7. The molecule has 2 amide bonds. The standard InChI is InChI=1S/C14H16BrClN2O2/c1-14(2,3)8-4-11(19)18(7-8)13(20)10-5-9(15)6-17-12(10)16/h5-6,8H,4,7H2,1-3H3. The van der Waals surface area contributed by atoms with Gasteiger partial charge in [-0.15, -0.1) is 0 Å². The van der Waals surface area contributed by atoms with Crippen LogP contribution in [0.4, 0.5) is 0 Å². The molecular weight excluding hydrogens is 344 g/mol. The molecule has 6 heteroatoms. The molecule has 0 bridgehead atoms. The van der Waals surface area contributed by atoms with Crippen molar-refractivity contribution >= 4 is 39.3 Å². The molecule has 2 heterocycles. The maximum absolute atomic E-state index is 12.5. The number of hydrogen-bond acceptors (Lipinski definition) is 3. The largest absolute Gasteiger partial charge is 0.278 e. The molecule has 1 aliphatic rings. The van der Waals surface area contributed by atoms with Crippen molar-refractivity contribution in [2.45, 2.75) is 27.2 Å². The molecule has 1 aliphatic heterocycles. The highest BCUT2D eigenvalue weighted by Crippen LogP contribution is 2.35. The Hall–Kier alpha value is -0.940. The second-order valence-electron chi connectivity index (χ2n) is 6.07. The van der Waals surface area contributed by atoms with Crippen molar-refractivity contribution in [2.24, 2.45) is 11.3 Å². The number of carbonyl (C=O) groups excluding carboxylic acids is 2. The van der Waals surface area contributed by atoms with E-state index in [1.807, 2.05) is 0 Å². The summed E-state index contributed by atoms with van der Waals surface area (Å²) >= 11 is 9.21. The van der Waals surface area contributed by atoms with Gasteiger partial charge in [0.1, 0.15) is 5.15 Å². The van der Waals surface area contributed by atoms with Gasteiger partial charge in [0.2, 0.25) is 5.91 Å². The van der Waals surface area contributed by atoms with Crippen molar-refractivity contribution in [2.75, 3.05) is 6.54 Å². The van der Waals surface area contributed by atoms with E-state index in [4.69, 9.17) is 11.6 Å². The van der Waals surface area contributed by atoms with E-state index >= 15 is 0 Å². The van der Waals surface area contributed by atoms with Crippen LogP contribution in [0.3, 0.4) is 0 Å². The van der Waals surface area contributed by atoms with Crippen molar-refractivity contribution in [3.05, 3.63) is 27.5 Å². The number of rotatable bonds is 1. The number of aromatic nitrogens is 1. The third-order valence-electron chi connectivity index (χ3n) is 3.63. The van der Waals surface area contributed by atoms with Gasteiger partial charge in [-0.05, 0) is 33.3 Å². The van der Waals surface area contributed by atoms with Crippen molar-refractivity contribution in [3.8, 4) is 0 Å². The molecule has 0 radical (unpaired) electrons. The van der Waals surface area contributed by atoms with Crippen LogP contribution in [0, 0.1) is 11.3 Å². The predicted molar refractivity (Wildman–Crippen MR) is 80.6 cm³/mol. The average molecular weight is 360 g/mol. The van der Waals surface area contributed by atoms with Gasteiger partial charge in [-0.1, -0.05) is 32.4 Å². The van der Waals surface area contributed by atoms with Gasteiger partial charge >= 0.3 is 0 Å². The molecule has 0 saturated carbocycles. The van der Waals surface area contributed by atoms with E-state index in [1.54, 1.807) is 6.07 Å². The van der Waals surface area contributed by atoms with E-state index in [0.29, 0.717) is 17.4 Å². The molecule has 0 aromatic carbocycles. The SMILES string of the molecule is CC(C)(C)C1CC(=O)N(C(=O)c2cc(Br)cnc2Cl)C1. The fraction of sp³-hybridized carbons (Fsp3) is 0.500. The molecule has 1 unspecified atom stereocenters. The van der Waals surface area contributed by atoms with Crippen LogP contribution >= 0.6 is 27.5 Å². The van der Waals surface area contributed by atoms with E-state index in [2.05, 4.69) is 41.7 Å². The third-order valence-corrected chi connectivity index (χ3v) is 4.37. The summed E-state index contributed by atoms with van der Waals surface area (Å²) in [5, 5.41) is 0.116. The normalized spacial score (nSPS) is 19.6. The van der Waals surface area contributed by atoms with Crippen LogP contribution in [0.1, 0.15) is 37.6 Å². The molecule has 1 aromatic heterocycles. The lowest BCUT2D eigenvalue weighted by Gasteiger charge is -2.26. The van der Waals surface area contributed by atoms with Crippen LogP contribution in [0.5, 0.6) is 0 Å². The summed E-state index contributed by atoms with van der Waals surface area (Å²) in [6.45, 7) is 6.66. The zero-order valence-corrected chi connectivity index (χ0v) is 14.0. The summed E-state index contributed by atoms with van der Waals surface area (Å²) in [6, 6.07) is 1.59. The van der Waals surface area contributed by atoms with E-state index < -0.39 is 0 Å². The third kappa shape index (κ3) is 3.04. The Morgan fingerprint density at radius 1 is 1.50 bits per heavy atom. The molecule has 0 aliphatic carbocycles. The molecule has 2 rings (SSSR count).